The number of benzene rings is 3. The Kier molecular flexibility index (Phi) is 11.7. The molecule has 13 heteroatoms. The van der Waals surface area contributed by atoms with E-state index < -0.39 is 57.2 Å². The van der Waals surface area contributed by atoms with Crippen LogP contribution in [0.25, 0.3) is 11.6 Å². The number of carbonyl (C=O) groups excluding carboxylic acids is 3. The SMILES string of the molecule is COC(=O)N1C(=O)[C@@H]2[C@@H](CC(CO[Si](c3ccccc3)(c3ccccc3)C(C)(C)C)=C3[C@@H](CC/C(=C/c4ccc(O)cc4Cl)c4ccccn4)OB(O)C[C@@H]32)C1=O. The van der Waals surface area contributed by atoms with Crippen LogP contribution >= 0.6 is 11.6 Å². The molecule has 0 bridgehead atoms. The number of halogens is 1. The average molecular weight is 805 g/mol. The van der Waals surface area contributed by atoms with Crippen molar-refractivity contribution in [3.8, 4) is 5.75 Å². The molecule has 2 N–H and O–H groups in total. The van der Waals surface area contributed by atoms with E-state index in [4.69, 9.17) is 25.4 Å². The summed E-state index contributed by atoms with van der Waals surface area (Å²) in [6, 6.07) is 30.9. The van der Waals surface area contributed by atoms with Crippen LogP contribution in [0, 0.1) is 17.8 Å². The van der Waals surface area contributed by atoms with Crippen molar-refractivity contribution in [3.63, 3.8) is 0 Å². The summed E-state index contributed by atoms with van der Waals surface area (Å²) in [5.74, 6) is -3.51. The summed E-state index contributed by atoms with van der Waals surface area (Å²) in [4.78, 5) is 46.1. The van der Waals surface area contributed by atoms with Crippen LogP contribution in [0.2, 0.25) is 16.4 Å². The molecule has 2 aliphatic heterocycles. The zero-order chi connectivity index (χ0) is 40.5. The maximum absolute atomic E-state index is 14.0. The van der Waals surface area contributed by atoms with Crippen LogP contribution < -0.4 is 10.4 Å². The molecule has 1 aromatic heterocycles. The van der Waals surface area contributed by atoms with Gasteiger partial charge in [0, 0.05) is 6.20 Å². The Hall–Kier alpha value is -4.85. The summed E-state index contributed by atoms with van der Waals surface area (Å²) in [5, 5.41) is 23.5. The number of fused-ring (bicyclic) bond motifs is 3. The van der Waals surface area contributed by atoms with Gasteiger partial charge in [0.25, 0.3) is 8.32 Å². The molecule has 3 aliphatic rings. The summed E-state index contributed by atoms with van der Waals surface area (Å²) >= 11 is 6.56. The third-order valence-corrected chi connectivity index (χ3v) is 16.8. The van der Waals surface area contributed by atoms with E-state index in [1.54, 1.807) is 18.3 Å². The zero-order valence-electron chi connectivity index (χ0n) is 32.4. The van der Waals surface area contributed by atoms with Crippen LogP contribution in [0.1, 0.15) is 51.3 Å². The second-order valence-corrected chi connectivity index (χ2v) is 20.6. The summed E-state index contributed by atoms with van der Waals surface area (Å²) < 4.78 is 18.7. The fraction of sp³-hybridized carbons (Fsp3) is 0.318. The van der Waals surface area contributed by atoms with E-state index in [0.29, 0.717) is 34.0 Å². The van der Waals surface area contributed by atoms with Gasteiger partial charge in [0.15, 0.2) is 0 Å². The normalized spacial score (nSPS) is 21.4. The first-order chi connectivity index (χ1) is 27.3. The number of phenols is 1. The van der Waals surface area contributed by atoms with Crippen LogP contribution in [0.5, 0.6) is 5.75 Å². The molecule has 4 aromatic rings. The molecule has 3 aromatic carbocycles. The quantitative estimate of drug-likeness (QED) is 0.0998. The predicted octanol–water partition coefficient (Wildman–Crippen LogP) is 6.90. The van der Waals surface area contributed by atoms with Crippen molar-refractivity contribution in [2.45, 2.75) is 57.5 Å². The number of amides is 3. The average Bonchev–Trinajstić information content (AvgIpc) is 3.45. The number of phenolic OH excluding ortho intramolecular Hbond substituents is 1. The largest absolute Gasteiger partial charge is 0.508 e. The van der Waals surface area contributed by atoms with E-state index in [0.717, 1.165) is 34.2 Å². The van der Waals surface area contributed by atoms with Crippen LogP contribution in [0.3, 0.4) is 0 Å². The summed E-state index contributed by atoms with van der Waals surface area (Å²) in [6.45, 7) is 6.72. The van der Waals surface area contributed by atoms with Crippen molar-refractivity contribution in [2.24, 2.45) is 17.8 Å². The molecule has 4 atom stereocenters. The minimum atomic E-state index is -3.07. The lowest BCUT2D eigenvalue weighted by Crippen LogP contribution is -2.66. The van der Waals surface area contributed by atoms with E-state index in [2.05, 4.69) is 50.0 Å². The van der Waals surface area contributed by atoms with Crippen molar-refractivity contribution < 1.29 is 38.3 Å². The number of carbonyl (C=O) groups is 3. The first kappa shape index (κ1) is 40.4. The number of ether oxygens (including phenoxy) is 1. The number of methoxy groups -OCH3 is 1. The van der Waals surface area contributed by atoms with Gasteiger partial charge in [-0.2, -0.15) is 4.90 Å². The van der Waals surface area contributed by atoms with Gasteiger partial charge in [0.05, 0.1) is 42.4 Å². The Labute approximate surface area is 339 Å². The molecule has 7 rings (SSSR count). The monoisotopic (exact) mass is 804 g/mol. The van der Waals surface area contributed by atoms with E-state index in [-0.39, 0.29) is 30.1 Å². The van der Waals surface area contributed by atoms with Crippen molar-refractivity contribution in [1.82, 2.24) is 9.88 Å². The van der Waals surface area contributed by atoms with E-state index in [9.17, 15) is 24.5 Å². The molecule has 0 unspecified atom stereocenters. The van der Waals surface area contributed by atoms with Gasteiger partial charge in [-0.3, -0.25) is 14.6 Å². The zero-order valence-corrected chi connectivity index (χ0v) is 34.2. The van der Waals surface area contributed by atoms with Gasteiger partial charge in [-0.05, 0) is 106 Å². The van der Waals surface area contributed by atoms with Gasteiger partial charge in [-0.15, -0.1) is 0 Å². The Bertz CT molecular complexity index is 2160. The Morgan fingerprint density at radius 2 is 1.65 bits per heavy atom. The van der Waals surface area contributed by atoms with Crippen molar-refractivity contribution >= 4 is 67.0 Å². The lowest BCUT2D eigenvalue weighted by atomic mass is 9.58. The number of rotatable bonds is 10. The molecule has 294 valence electrons. The van der Waals surface area contributed by atoms with Crippen LogP contribution in [0.15, 0.2) is 114 Å². The van der Waals surface area contributed by atoms with Gasteiger partial charge in [0.2, 0.25) is 11.8 Å². The third kappa shape index (κ3) is 7.77. The molecule has 2 fully saturated rings. The highest BCUT2D eigenvalue weighted by Gasteiger charge is 2.60. The van der Waals surface area contributed by atoms with Gasteiger partial charge in [-0.25, -0.2) is 4.79 Å². The smallest absolute Gasteiger partial charge is 0.455 e. The topological polar surface area (TPSA) is 135 Å². The molecule has 57 heavy (non-hydrogen) atoms. The number of likely N-dealkylation sites (tertiary alicyclic amines) is 1. The molecule has 10 nitrogen and oxygen atoms in total. The highest BCUT2D eigenvalue weighted by atomic mass is 35.5. The number of pyridine rings is 1. The predicted molar refractivity (Wildman–Crippen MR) is 222 cm³/mol. The summed E-state index contributed by atoms with van der Waals surface area (Å²) in [6.07, 6.45) is 2.99. The molecule has 0 radical (unpaired) electrons. The van der Waals surface area contributed by atoms with Gasteiger partial charge >= 0.3 is 13.2 Å². The lowest BCUT2D eigenvalue weighted by Gasteiger charge is -2.46. The maximum Gasteiger partial charge on any atom is 0.455 e. The highest BCUT2D eigenvalue weighted by Crippen LogP contribution is 2.51. The lowest BCUT2D eigenvalue weighted by molar-refractivity contribution is -0.137. The molecule has 3 amide bonds. The second-order valence-electron chi connectivity index (χ2n) is 15.9. The third-order valence-electron chi connectivity index (χ3n) is 11.5. The molecule has 1 aliphatic carbocycles. The first-order valence-electron chi connectivity index (χ1n) is 19.2. The number of hydrogen-bond acceptors (Lipinski definition) is 9. The number of hydrogen-bond donors (Lipinski definition) is 2. The molecule has 3 heterocycles. The van der Waals surface area contributed by atoms with E-state index in [1.807, 2.05) is 60.7 Å². The number of imide groups is 3. The van der Waals surface area contributed by atoms with Crippen LogP contribution in [-0.2, 0) is 23.4 Å². The number of allylic oxidation sites excluding steroid dienone is 1. The Morgan fingerprint density at radius 3 is 2.25 bits per heavy atom. The van der Waals surface area contributed by atoms with Crippen molar-refractivity contribution in [3.05, 3.63) is 131 Å². The molecule has 0 spiro atoms. The van der Waals surface area contributed by atoms with Gasteiger partial charge in [0.1, 0.15) is 5.75 Å². The minimum absolute atomic E-state index is 0.0493. The standard InChI is InChI=1S/C44H46BClN2O8Si/c1-44(2,3)57(32-13-7-5-8-14-32,33-15-9-6-10-16-33)55-27-30-24-34-40(42(51)48(41(34)50)43(52)54-4)35-26-45(53)56-38(39(30)35)21-19-29(37-17-11-12-22-47-37)23-28-18-20-31(49)25-36(28)46/h5-18,20,22-23,25,34-35,38,40,49,53H,19,21,24,26-27H2,1-4H3/b29-23-/t34-,35+,38-,40-/m1/s1. The molecular weight excluding hydrogens is 759 g/mol. The number of aromatic nitrogens is 1. The van der Waals surface area contributed by atoms with Crippen molar-refractivity contribution in [1.29, 1.82) is 0 Å². The first-order valence-corrected chi connectivity index (χ1v) is 21.5. The molecule has 0 saturated carbocycles. The summed E-state index contributed by atoms with van der Waals surface area (Å²) in [5.41, 5.74) is 3.88. The second kappa shape index (κ2) is 16.6. The van der Waals surface area contributed by atoms with Crippen LogP contribution in [-0.4, -0.2) is 73.2 Å². The highest BCUT2D eigenvalue weighted by molar-refractivity contribution is 6.99. The number of nitrogens with zero attached hydrogens (tertiary/aromatic N) is 2. The maximum atomic E-state index is 14.0. The Balaban J connectivity index is 1.33. The van der Waals surface area contributed by atoms with Gasteiger partial charge in [-0.1, -0.05) is 99.1 Å². The van der Waals surface area contributed by atoms with Gasteiger partial charge < -0.3 is 23.9 Å². The molecule has 2 saturated heterocycles. The van der Waals surface area contributed by atoms with Crippen LogP contribution in [0.4, 0.5) is 4.79 Å². The van der Waals surface area contributed by atoms with E-state index in [1.165, 1.54) is 6.07 Å². The Morgan fingerprint density at radius 1 is 0.982 bits per heavy atom. The van der Waals surface area contributed by atoms with E-state index >= 15 is 0 Å². The fourth-order valence-corrected chi connectivity index (χ4v) is 13.8. The fourth-order valence-electron chi connectivity index (χ4n) is 9.06. The number of aromatic hydroxyl groups is 1. The minimum Gasteiger partial charge on any atom is -0.508 e. The molecular formula is C44H46BClN2O8Si. The van der Waals surface area contributed by atoms with Crippen molar-refractivity contribution in [2.75, 3.05) is 13.7 Å². The summed E-state index contributed by atoms with van der Waals surface area (Å²) in [7, 11) is -3.16.